The Labute approximate surface area is 98.3 Å². The van der Waals surface area contributed by atoms with Crippen LogP contribution in [0.1, 0.15) is 26.7 Å². The van der Waals surface area contributed by atoms with Gasteiger partial charge in [-0.3, -0.25) is 0 Å². The van der Waals surface area contributed by atoms with Crippen LogP contribution in [0.5, 0.6) is 5.75 Å². The smallest absolute Gasteiger partial charge is 0.119 e. The molecule has 0 fully saturated rings. The zero-order chi connectivity index (χ0) is 11.8. The third-order valence-electron chi connectivity index (χ3n) is 2.60. The number of aliphatic hydroxyl groups excluding tert-OH is 1. The van der Waals surface area contributed by atoms with Gasteiger partial charge in [0, 0.05) is 6.61 Å². The van der Waals surface area contributed by atoms with Crippen molar-refractivity contribution in [1.82, 2.24) is 0 Å². The van der Waals surface area contributed by atoms with Gasteiger partial charge in [0.1, 0.15) is 5.75 Å². The van der Waals surface area contributed by atoms with Gasteiger partial charge in [0.15, 0.2) is 0 Å². The first kappa shape index (κ1) is 13.0. The van der Waals surface area contributed by atoms with Gasteiger partial charge in [0.05, 0.1) is 6.61 Å². The summed E-state index contributed by atoms with van der Waals surface area (Å²) >= 11 is 0. The van der Waals surface area contributed by atoms with Gasteiger partial charge < -0.3 is 9.84 Å². The normalized spacial score (nSPS) is 12.8. The fraction of sp³-hybridized carbons (Fsp3) is 0.571. The van der Waals surface area contributed by atoms with Crippen LogP contribution in [0.15, 0.2) is 30.3 Å². The van der Waals surface area contributed by atoms with Crippen LogP contribution < -0.4 is 4.74 Å². The molecule has 90 valence electrons. The molecule has 0 saturated heterocycles. The van der Waals surface area contributed by atoms with Crippen molar-refractivity contribution in [3.05, 3.63) is 30.3 Å². The van der Waals surface area contributed by atoms with E-state index in [-0.39, 0.29) is 6.61 Å². The summed E-state index contributed by atoms with van der Waals surface area (Å²) in [6.45, 7) is 5.31. The van der Waals surface area contributed by atoms with E-state index in [1.807, 2.05) is 30.3 Å². The molecule has 0 aliphatic heterocycles. The molecule has 0 amide bonds. The van der Waals surface area contributed by atoms with E-state index < -0.39 is 0 Å². The number of hydrogen-bond acceptors (Lipinski definition) is 2. The molecule has 0 aromatic heterocycles. The SMILES string of the molecule is CC(C)CC(CO)CCOc1ccccc1. The molecule has 2 heteroatoms. The lowest BCUT2D eigenvalue weighted by molar-refractivity contribution is 0.173. The topological polar surface area (TPSA) is 29.5 Å². The molecule has 0 aliphatic carbocycles. The summed E-state index contributed by atoms with van der Waals surface area (Å²) in [5, 5.41) is 9.22. The fourth-order valence-electron chi connectivity index (χ4n) is 1.81. The predicted molar refractivity (Wildman–Crippen MR) is 66.6 cm³/mol. The summed E-state index contributed by atoms with van der Waals surface area (Å²) in [6.07, 6.45) is 1.98. The van der Waals surface area contributed by atoms with E-state index >= 15 is 0 Å². The highest BCUT2D eigenvalue weighted by atomic mass is 16.5. The lowest BCUT2D eigenvalue weighted by atomic mass is 9.95. The number of benzene rings is 1. The summed E-state index contributed by atoms with van der Waals surface area (Å²) in [4.78, 5) is 0. The van der Waals surface area contributed by atoms with Gasteiger partial charge in [0.25, 0.3) is 0 Å². The molecule has 0 heterocycles. The molecular weight excluding hydrogens is 200 g/mol. The van der Waals surface area contributed by atoms with Crippen molar-refractivity contribution < 1.29 is 9.84 Å². The van der Waals surface area contributed by atoms with Crippen molar-refractivity contribution in [2.75, 3.05) is 13.2 Å². The number of para-hydroxylation sites is 1. The Kier molecular flexibility index (Phi) is 5.94. The van der Waals surface area contributed by atoms with Gasteiger partial charge >= 0.3 is 0 Å². The monoisotopic (exact) mass is 222 g/mol. The molecule has 1 unspecified atom stereocenters. The highest BCUT2D eigenvalue weighted by Gasteiger charge is 2.09. The van der Waals surface area contributed by atoms with Gasteiger partial charge in [-0.25, -0.2) is 0 Å². The molecule has 0 spiro atoms. The first-order valence-corrected chi connectivity index (χ1v) is 6.01. The number of aliphatic hydroxyl groups is 1. The second-order valence-electron chi connectivity index (χ2n) is 4.63. The van der Waals surface area contributed by atoms with Crippen molar-refractivity contribution in [1.29, 1.82) is 0 Å². The van der Waals surface area contributed by atoms with E-state index in [2.05, 4.69) is 13.8 Å². The van der Waals surface area contributed by atoms with Crippen LogP contribution in [0.4, 0.5) is 0 Å². The molecule has 1 atom stereocenters. The van der Waals surface area contributed by atoms with Gasteiger partial charge in [-0.15, -0.1) is 0 Å². The first-order valence-electron chi connectivity index (χ1n) is 6.01. The van der Waals surface area contributed by atoms with E-state index in [1.54, 1.807) is 0 Å². The fourth-order valence-corrected chi connectivity index (χ4v) is 1.81. The van der Waals surface area contributed by atoms with Crippen molar-refractivity contribution >= 4 is 0 Å². The van der Waals surface area contributed by atoms with Crippen LogP contribution in [-0.4, -0.2) is 18.3 Å². The van der Waals surface area contributed by atoms with Crippen LogP contribution >= 0.6 is 0 Å². The van der Waals surface area contributed by atoms with E-state index in [0.29, 0.717) is 18.4 Å². The number of ether oxygens (including phenoxy) is 1. The Hall–Kier alpha value is -1.02. The molecule has 0 radical (unpaired) electrons. The number of rotatable bonds is 7. The van der Waals surface area contributed by atoms with Crippen LogP contribution in [0.3, 0.4) is 0 Å². The Morgan fingerprint density at radius 2 is 1.88 bits per heavy atom. The van der Waals surface area contributed by atoms with Gasteiger partial charge in [-0.2, -0.15) is 0 Å². The average Bonchev–Trinajstić information content (AvgIpc) is 2.28. The second-order valence-corrected chi connectivity index (χ2v) is 4.63. The molecule has 0 saturated carbocycles. The third kappa shape index (κ3) is 5.17. The summed E-state index contributed by atoms with van der Waals surface area (Å²) < 4.78 is 5.61. The summed E-state index contributed by atoms with van der Waals surface area (Å²) in [5.74, 6) is 1.90. The Morgan fingerprint density at radius 3 is 2.44 bits per heavy atom. The molecule has 1 aromatic rings. The largest absolute Gasteiger partial charge is 0.494 e. The summed E-state index contributed by atoms with van der Waals surface area (Å²) in [5.41, 5.74) is 0. The van der Waals surface area contributed by atoms with Crippen molar-refractivity contribution in [3.63, 3.8) is 0 Å². The Balaban J connectivity index is 2.23. The summed E-state index contributed by atoms with van der Waals surface area (Å²) in [7, 11) is 0. The molecule has 0 bridgehead atoms. The molecule has 0 aliphatic rings. The molecule has 16 heavy (non-hydrogen) atoms. The van der Waals surface area contributed by atoms with Crippen molar-refractivity contribution in [3.8, 4) is 5.75 Å². The molecule has 1 rings (SSSR count). The quantitative estimate of drug-likeness (QED) is 0.768. The lowest BCUT2D eigenvalue weighted by Gasteiger charge is -2.16. The summed E-state index contributed by atoms with van der Waals surface area (Å²) in [6, 6.07) is 9.81. The third-order valence-corrected chi connectivity index (χ3v) is 2.60. The number of hydrogen-bond donors (Lipinski definition) is 1. The Morgan fingerprint density at radius 1 is 1.19 bits per heavy atom. The minimum Gasteiger partial charge on any atom is -0.494 e. The van der Waals surface area contributed by atoms with E-state index in [0.717, 1.165) is 18.6 Å². The maximum atomic E-state index is 9.22. The zero-order valence-electron chi connectivity index (χ0n) is 10.2. The van der Waals surface area contributed by atoms with Gasteiger partial charge in [-0.1, -0.05) is 32.0 Å². The minimum absolute atomic E-state index is 0.260. The predicted octanol–water partition coefficient (Wildman–Crippen LogP) is 3.11. The van der Waals surface area contributed by atoms with E-state index in [4.69, 9.17) is 4.74 Å². The Bertz CT molecular complexity index is 269. The van der Waals surface area contributed by atoms with Crippen LogP contribution in [-0.2, 0) is 0 Å². The highest BCUT2D eigenvalue weighted by molar-refractivity contribution is 5.20. The average molecular weight is 222 g/mol. The maximum absolute atomic E-state index is 9.22. The first-order chi connectivity index (χ1) is 7.72. The standard InChI is InChI=1S/C14H22O2/c1-12(2)10-13(11-15)8-9-16-14-6-4-3-5-7-14/h3-7,12-13,15H,8-11H2,1-2H3. The minimum atomic E-state index is 0.260. The molecule has 1 aromatic carbocycles. The zero-order valence-corrected chi connectivity index (χ0v) is 10.2. The van der Waals surface area contributed by atoms with Gasteiger partial charge in [-0.05, 0) is 36.8 Å². The van der Waals surface area contributed by atoms with Crippen molar-refractivity contribution in [2.45, 2.75) is 26.7 Å². The van der Waals surface area contributed by atoms with Crippen LogP contribution in [0.2, 0.25) is 0 Å². The van der Waals surface area contributed by atoms with Crippen LogP contribution in [0, 0.1) is 11.8 Å². The lowest BCUT2D eigenvalue weighted by Crippen LogP contribution is -2.13. The second kappa shape index (κ2) is 7.29. The van der Waals surface area contributed by atoms with Crippen LogP contribution in [0.25, 0.3) is 0 Å². The maximum Gasteiger partial charge on any atom is 0.119 e. The molecular formula is C14H22O2. The van der Waals surface area contributed by atoms with E-state index in [1.165, 1.54) is 0 Å². The highest BCUT2D eigenvalue weighted by Crippen LogP contribution is 2.16. The van der Waals surface area contributed by atoms with E-state index in [9.17, 15) is 5.11 Å². The van der Waals surface area contributed by atoms with Gasteiger partial charge in [0.2, 0.25) is 0 Å². The van der Waals surface area contributed by atoms with Crippen molar-refractivity contribution in [2.24, 2.45) is 11.8 Å². The molecule has 1 N–H and O–H groups in total. The molecule has 2 nitrogen and oxygen atoms in total.